The summed E-state index contributed by atoms with van der Waals surface area (Å²) >= 11 is 0. The minimum Gasteiger partial charge on any atom is -0.497 e. The van der Waals surface area contributed by atoms with Gasteiger partial charge in [-0.25, -0.2) is 4.98 Å². The average Bonchev–Trinajstić information content (AvgIpc) is 3.44. The fourth-order valence-corrected chi connectivity index (χ4v) is 11.1. The lowest BCUT2D eigenvalue weighted by Gasteiger charge is -2.39. The number of likely N-dealkylation sites (tertiary alicyclic amines) is 2. The monoisotopic (exact) mass is 1010 g/mol. The van der Waals surface area contributed by atoms with E-state index in [0.29, 0.717) is 44.3 Å². The van der Waals surface area contributed by atoms with Crippen LogP contribution < -0.4 is 30.6 Å². The van der Waals surface area contributed by atoms with Crippen LogP contribution in [0.3, 0.4) is 0 Å². The van der Waals surface area contributed by atoms with Crippen LogP contribution in [0.4, 0.5) is 5.69 Å². The van der Waals surface area contributed by atoms with Gasteiger partial charge in [-0.2, -0.15) is 0 Å². The lowest BCUT2D eigenvalue weighted by molar-refractivity contribution is -0.131. The molecule has 0 spiro atoms. The van der Waals surface area contributed by atoms with Crippen LogP contribution in [0.25, 0.3) is 11.0 Å². The lowest BCUT2D eigenvalue weighted by atomic mass is 9.89. The predicted molar refractivity (Wildman–Crippen MR) is 288 cm³/mol. The Morgan fingerprint density at radius 1 is 0.784 bits per heavy atom. The summed E-state index contributed by atoms with van der Waals surface area (Å²) in [5.74, 6) is 2.32. The van der Waals surface area contributed by atoms with Crippen LogP contribution in [0.5, 0.6) is 11.5 Å². The Morgan fingerprint density at radius 2 is 1.59 bits per heavy atom. The SMILES string of the molecule is CCOc1cc(OC)ccc1CNCC(=O)N1CCC[C@@H](c2cccc(C(=O)N3CCN(CC4CCN(CCNC(=O)c5ccc(N6CCN(Cc7cnc8cc(CC)c(=O)[nH]c8c7)CC6)cn5)CC4)CC3)c2)C1. The van der Waals surface area contributed by atoms with Gasteiger partial charge in [-0.15, -0.1) is 0 Å². The Labute approximate surface area is 435 Å². The van der Waals surface area contributed by atoms with Crippen molar-refractivity contribution >= 4 is 34.4 Å². The highest BCUT2D eigenvalue weighted by Crippen LogP contribution is 2.29. The van der Waals surface area contributed by atoms with E-state index in [0.717, 1.165) is 173 Å². The number of piperazine rings is 2. The number of carbonyl (C=O) groups excluding carboxylic acids is 3. The van der Waals surface area contributed by atoms with Crippen molar-refractivity contribution < 1.29 is 23.9 Å². The van der Waals surface area contributed by atoms with Crippen LogP contribution in [0.15, 0.2) is 83.9 Å². The fraction of sp³-hybridized carbons (Fsp3) is 0.509. The number of carbonyl (C=O) groups is 3. The van der Waals surface area contributed by atoms with E-state index in [-0.39, 0.29) is 35.7 Å². The van der Waals surface area contributed by atoms with E-state index in [1.165, 1.54) is 0 Å². The van der Waals surface area contributed by atoms with Gasteiger partial charge in [0.2, 0.25) is 5.91 Å². The van der Waals surface area contributed by atoms with E-state index in [1.807, 2.05) is 90.6 Å². The van der Waals surface area contributed by atoms with Crippen molar-refractivity contribution in [1.29, 1.82) is 0 Å². The number of pyridine rings is 3. The molecule has 0 aliphatic carbocycles. The maximum atomic E-state index is 13.8. The van der Waals surface area contributed by atoms with Crippen LogP contribution >= 0.6 is 0 Å². The van der Waals surface area contributed by atoms with Gasteiger partial charge in [0.25, 0.3) is 17.4 Å². The molecule has 2 aromatic carbocycles. The molecule has 0 bridgehead atoms. The number of ether oxygens (including phenoxy) is 2. The molecule has 4 fully saturated rings. The van der Waals surface area contributed by atoms with Crippen LogP contribution in [0.1, 0.15) is 88.5 Å². The van der Waals surface area contributed by atoms with Gasteiger partial charge in [-0.3, -0.25) is 34.0 Å². The van der Waals surface area contributed by atoms with E-state index >= 15 is 0 Å². The maximum absolute atomic E-state index is 13.8. The van der Waals surface area contributed by atoms with Crippen molar-refractivity contribution in [2.45, 2.75) is 65.0 Å². The highest BCUT2D eigenvalue weighted by molar-refractivity contribution is 5.94. The Balaban J connectivity index is 0.640. The Bertz CT molecular complexity index is 2750. The third-order valence-electron chi connectivity index (χ3n) is 15.5. The van der Waals surface area contributed by atoms with Crippen molar-refractivity contribution in [3.63, 3.8) is 0 Å². The zero-order chi connectivity index (χ0) is 51.4. The van der Waals surface area contributed by atoms with Crippen molar-refractivity contribution in [3.05, 3.63) is 123 Å². The molecule has 4 aliphatic heterocycles. The third-order valence-corrected chi connectivity index (χ3v) is 15.5. The number of anilines is 1. The topological polar surface area (TPSA) is 172 Å². The number of aryl methyl sites for hydroxylation is 1. The summed E-state index contributed by atoms with van der Waals surface area (Å²) in [6, 6.07) is 21.6. The van der Waals surface area contributed by atoms with E-state index in [4.69, 9.17) is 9.47 Å². The molecule has 9 rings (SSSR count). The molecule has 3 amide bonds. The molecule has 7 heterocycles. The number of hydrogen-bond acceptors (Lipinski definition) is 13. The van der Waals surface area contributed by atoms with Crippen LogP contribution in [-0.2, 0) is 24.3 Å². The van der Waals surface area contributed by atoms with Gasteiger partial charge in [-0.05, 0) is 112 Å². The predicted octanol–water partition coefficient (Wildman–Crippen LogP) is 5.01. The molecule has 394 valence electrons. The molecule has 1 atom stereocenters. The molecule has 3 aromatic heterocycles. The zero-order valence-electron chi connectivity index (χ0n) is 43.7. The third kappa shape index (κ3) is 13.5. The largest absolute Gasteiger partial charge is 0.497 e. The summed E-state index contributed by atoms with van der Waals surface area (Å²) in [7, 11) is 1.63. The number of H-pyrrole nitrogens is 1. The fourth-order valence-electron chi connectivity index (χ4n) is 11.1. The molecule has 0 saturated carbocycles. The van der Waals surface area contributed by atoms with E-state index in [9.17, 15) is 19.2 Å². The number of benzene rings is 2. The second-order valence-corrected chi connectivity index (χ2v) is 20.4. The molecular formula is C57H75N11O6. The van der Waals surface area contributed by atoms with Crippen LogP contribution in [0.2, 0.25) is 0 Å². The van der Waals surface area contributed by atoms with Crippen LogP contribution in [0, 0.1) is 5.92 Å². The molecule has 4 saturated heterocycles. The molecule has 0 radical (unpaired) electrons. The Morgan fingerprint density at radius 3 is 2.35 bits per heavy atom. The number of piperidine rings is 2. The number of amides is 3. The second kappa shape index (κ2) is 25.2. The number of nitrogens with zero attached hydrogens (tertiary/aromatic N) is 8. The van der Waals surface area contributed by atoms with Gasteiger partial charge in [0.1, 0.15) is 17.2 Å². The molecular weight excluding hydrogens is 935 g/mol. The first-order chi connectivity index (χ1) is 36.1. The van der Waals surface area contributed by atoms with E-state index in [1.54, 1.807) is 7.11 Å². The van der Waals surface area contributed by atoms with Crippen molar-refractivity contribution in [2.24, 2.45) is 5.92 Å². The quantitative estimate of drug-likeness (QED) is 0.101. The van der Waals surface area contributed by atoms with Gasteiger partial charge in [0, 0.05) is 133 Å². The second-order valence-electron chi connectivity index (χ2n) is 20.4. The molecule has 0 unspecified atom stereocenters. The Kier molecular flexibility index (Phi) is 17.9. The molecule has 17 nitrogen and oxygen atoms in total. The van der Waals surface area contributed by atoms with E-state index < -0.39 is 0 Å². The zero-order valence-corrected chi connectivity index (χ0v) is 43.7. The number of fused-ring (bicyclic) bond motifs is 1. The van der Waals surface area contributed by atoms with E-state index in [2.05, 4.69) is 57.3 Å². The summed E-state index contributed by atoms with van der Waals surface area (Å²) in [6.07, 6.45) is 8.56. The average molecular weight is 1010 g/mol. The Hall–Kier alpha value is -6.40. The van der Waals surface area contributed by atoms with Gasteiger partial charge >= 0.3 is 0 Å². The highest BCUT2D eigenvalue weighted by atomic mass is 16.5. The summed E-state index contributed by atoms with van der Waals surface area (Å²) in [4.78, 5) is 78.3. The molecule has 5 aromatic rings. The minimum absolute atomic E-state index is 0.0443. The first-order valence-corrected chi connectivity index (χ1v) is 27.0. The highest BCUT2D eigenvalue weighted by Gasteiger charge is 2.29. The molecule has 3 N–H and O–H groups in total. The first-order valence-electron chi connectivity index (χ1n) is 27.0. The van der Waals surface area contributed by atoms with Gasteiger partial charge in [0.15, 0.2) is 0 Å². The summed E-state index contributed by atoms with van der Waals surface area (Å²) in [5, 5.41) is 6.41. The van der Waals surface area contributed by atoms with Gasteiger partial charge in [0.05, 0.1) is 43.2 Å². The minimum atomic E-state index is -0.148. The number of hydrogen-bond donors (Lipinski definition) is 3. The molecule has 74 heavy (non-hydrogen) atoms. The number of methoxy groups -OCH3 is 1. The van der Waals surface area contributed by atoms with Gasteiger partial charge in [-0.1, -0.05) is 25.1 Å². The summed E-state index contributed by atoms with van der Waals surface area (Å²) in [5.41, 5.74) is 7.65. The number of nitrogens with one attached hydrogen (secondary N) is 3. The maximum Gasteiger partial charge on any atom is 0.269 e. The van der Waals surface area contributed by atoms with Crippen molar-refractivity contribution in [2.75, 3.05) is 123 Å². The number of aromatic nitrogens is 3. The lowest BCUT2D eigenvalue weighted by Crippen LogP contribution is -2.50. The normalized spacial score (nSPS) is 18.4. The smallest absolute Gasteiger partial charge is 0.269 e. The number of aromatic amines is 1. The molecule has 4 aliphatic rings. The standard InChI is InChI=1S/C57H75N11O6/c1-4-43-32-51-52(62-55(43)70)30-42(34-60-51)39-65-22-26-66(27-23-65)48-12-14-50(61-36-48)56(71)59-17-21-63-19-15-41(16-20-63)38-64-24-28-67(29-25-64)57(72)45-9-6-8-44(31-45)47-10-7-18-68(40-47)54(69)37-58-35-46-11-13-49(73-3)33-53(46)74-5-2/h6,8-9,11-14,30-34,36,41,47,58H,4-5,7,10,15-29,35,37-40H2,1-3H3,(H,59,71)(H,62,70)/t47-/m1/s1. The summed E-state index contributed by atoms with van der Waals surface area (Å²) < 4.78 is 11.2. The molecule has 17 heteroatoms. The van der Waals surface area contributed by atoms with Gasteiger partial charge < -0.3 is 44.7 Å². The van der Waals surface area contributed by atoms with Crippen LogP contribution in [-0.4, -0.2) is 176 Å². The van der Waals surface area contributed by atoms with Crippen molar-refractivity contribution in [1.82, 2.24) is 50.1 Å². The summed E-state index contributed by atoms with van der Waals surface area (Å²) in [6.45, 7) is 18.5. The number of rotatable bonds is 19. The van der Waals surface area contributed by atoms with Crippen molar-refractivity contribution in [3.8, 4) is 11.5 Å². The first kappa shape index (κ1) is 52.5.